The summed E-state index contributed by atoms with van der Waals surface area (Å²) in [5.74, 6) is -0.365. The number of carbonyl (C=O) groups excluding carboxylic acids is 1. The summed E-state index contributed by atoms with van der Waals surface area (Å²) < 4.78 is 11.0. The lowest BCUT2D eigenvalue weighted by Crippen LogP contribution is -2.17. The molecular formula is C19H21N5O5S. The number of oxime groups is 1. The van der Waals surface area contributed by atoms with Crippen LogP contribution in [0.4, 0.5) is 9.93 Å². The molecule has 0 unspecified atom stereocenters. The van der Waals surface area contributed by atoms with E-state index in [1.807, 2.05) is 37.3 Å². The molecule has 158 valence electrons. The number of hydrogen-bond donors (Lipinski definition) is 1. The molecule has 0 aliphatic heterocycles. The molecule has 3 aromatic rings. The molecule has 0 bridgehead atoms. The van der Waals surface area contributed by atoms with Gasteiger partial charge in [-0.05, 0) is 6.42 Å². The number of ether oxygens (including phenoxy) is 1. The quantitative estimate of drug-likeness (QED) is 0.314. The number of rotatable bonds is 9. The third kappa shape index (κ3) is 5.54. The largest absolute Gasteiger partial charge is 0.449 e. The highest BCUT2D eigenvalue weighted by Crippen LogP contribution is 2.17. The van der Waals surface area contributed by atoms with Crippen molar-refractivity contribution in [3.05, 3.63) is 63.3 Å². The number of thiazole rings is 1. The number of benzene rings is 1. The zero-order valence-corrected chi connectivity index (χ0v) is 17.3. The van der Waals surface area contributed by atoms with E-state index in [0.717, 1.165) is 12.8 Å². The van der Waals surface area contributed by atoms with Gasteiger partial charge < -0.3 is 9.57 Å². The molecule has 0 spiro atoms. The summed E-state index contributed by atoms with van der Waals surface area (Å²) in [7, 11) is 1.53. The third-order valence-electron chi connectivity index (χ3n) is 3.92. The Morgan fingerprint density at radius 3 is 2.83 bits per heavy atom. The van der Waals surface area contributed by atoms with Gasteiger partial charge in [0, 0.05) is 18.0 Å². The van der Waals surface area contributed by atoms with Crippen molar-refractivity contribution >= 4 is 28.3 Å². The van der Waals surface area contributed by atoms with Crippen molar-refractivity contribution in [1.82, 2.24) is 14.7 Å². The van der Waals surface area contributed by atoms with Gasteiger partial charge in [0.2, 0.25) is 5.82 Å². The molecule has 0 atom stereocenters. The summed E-state index contributed by atoms with van der Waals surface area (Å²) in [6, 6.07) is 9.16. The number of anilines is 1. The monoisotopic (exact) mass is 431 g/mol. The second-order valence-electron chi connectivity index (χ2n) is 6.17. The summed E-state index contributed by atoms with van der Waals surface area (Å²) >= 11 is 1.25. The molecule has 30 heavy (non-hydrogen) atoms. The van der Waals surface area contributed by atoms with Crippen molar-refractivity contribution in [2.75, 3.05) is 11.9 Å². The zero-order valence-electron chi connectivity index (χ0n) is 16.5. The van der Waals surface area contributed by atoms with E-state index in [4.69, 9.17) is 14.1 Å². The molecular weight excluding hydrogens is 410 g/mol. The van der Waals surface area contributed by atoms with Crippen LogP contribution in [-0.4, -0.2) is 33.1 Å². The lowest BCUT2D eigenvalue weighted by Gasteiger charge is -2.05. The summed E-state index contributed by atoms with van der Waals surface area (Å²) in [5.41, 5.74) is 1.63. The van der Waals surface area contributed by atoms with Crippen molar-refractivity contribution in [3.8, 4) is 0 Å². The van der Waals surface area contributed by atoms with Crippen molar-refractivity contribution in [2.24, 2.45) is 12.2 Å². The third-order valence-corrected chi connectivity index (χ3v) is 4.73. The number of nitrogens with zero attached hydrogens (tertiary/aromatic N) is 4. The van der Waals surface area contributed by atoms with Gasteiger partial charge in [0.25, 0.3) is 0 Å². The van der Waals surface area contributed by atoms with E-state index in [1.165, 1.54) is 23.0 Å². The van der Waals surface area contributed by atoms with Crippen LogP contribution in [0.3, 0.4) is 0 Å². The average Bonchev–Trinajstić information content (AvgIpc) is 3.33. The maximum absolute atomic E-state index is 11.7. The molecule has 2 aromatic heterocycles. The topological polar surface area (TPSA) is 121 Å². The molecule has 1 aromatic carbocycles. The molecule has 2 heterocycles. The van der Waals surface area contributed by atoms with Gasteiger partial charge in [0.15, 0.2) is 17.5 Å². The number of hydrogen-bond acceptors (Lipinski definition) is 9. The normalized spacial score (nSPS) is 11.3. The van der Waals surface area contributed by atoms with Crippen LogP contribution in [0, 0.1) is 0 Å². The smallest absolute Gasteiger partial charge is 0.441 e. The predicted molar refractivity (Wildman–Crippen MR) is 111 cm³/mol. The van der Waals surface area contributed by atoms with Crippen molar-refractivity contribution in [3.63, 3.8) is 0 Å². The molecule has 0 fully saturated rings. The number of aromatic nitrogens is 3. The number of nitrogens with one attached hydrogen (secondary N) is 1. The minimum Gasteiger partial charge on any atom is -0.449 e. The van der Waals surface area contributed by atoms with Crippen LogP contribution in [0.1, 0.15) is 36.8 Å². The Kier molecular flexibility index (Phi) is 7.33. The van der Waals surface area contributed by atoms with E-state index in [9.17, 15) is 9.59 Å². The lowest BCUT2D eigenvalue weighted by molar-refractivity contribution is 0.128. The molecule has 10 nitrogen and oxygen atoms in total. The van der Waals surface area contributed by atoms with Gasteiger partial charge >= 0.3 is 11.8 Å². The summed E-state index contributed by atoms with van der Waals surface area (Å²) in [6.07, 6.45) is 1.21. The Balaban J connectivity index is 1.66. The summed E-state index contributed by atoms with van der Waals surface area (Å²) in [4.78, 5) is 33.0. The van der Waals surface area contributed by atoms with Gasteiger partial charge in [-0.15, -0.1) is 11.3 Å². The van der Waals surface area contributed by atoms with E-state index in [2.05, 4.69) is 20.6 Å². The number of amides is 1. The van der Waals surface area contributed by atoms with Crippen LogP contribution < -0.4 is 11.1 Å². The average molecular weight is 431 g/mol. The first-order valence-electron chi connectivity index (χ1n) is 9.25. The fraction of sp³-hybridized carbons (Fsp3) is 0.316. The van der Waals surface area contributed by atoms with Gasteiger partial charge in [-0.25, -0.2) is 14.6 Å². The van der Waals surface area contributed by atoms with Gasteiger partial charge in [-0.2, -0.15) is 0 Å². The van der Waals surface area contributed by atoms with E-state index >= 15 is 0 Å². The van der Waals surface area contributed by atoms with Gasteiger partial charge in [0.05, 0.1) is 12.3 Å². The molecule has 3 rings (SSSR count). The van der Waals surface area contributed by atoms with Crippen molar-refractivity contribution in [1.29, 1.82) is 0 Å². The molecule has 0 aliphatic rings. The molecule has 1 amide bonds. The Morgan fingerprint density at radius 1 is 1.33 bits per heavy atom. The molecule has 0 aliphatic carbocycles. The summed E-state index contributed by atoms with van der Waals surface area (Å²) in [6.45, 7) is 2.44. The Bertz CT molecular complexity index is 1060. The van der Waals surface area contributed by atoms with Crippen LogP contribution in [0.25, 0.3) is 0 Å². The first kappa shape index (κ1) is 21.2. The zero-order chi connectivity index (χ0) is 21.3. The highest BCUT2D eigenvalue weighted by molar-refractivity contribution is 7.13. The molecule has 0 saturated heterocycles. The minimum absolute atomic E-state index is 0.0607. The van der Waals surface area contributed by atoms with Gasteiger partial charge in [-0.3, -0.25) is 14.4 Å². The fourth-order valence-corrected chi connectivity index (χ4v) is 3.02. The fourth-order valence-electron chi connectivity index (χ4n) is 2.34. The van der Waals surface area contributed by atoms with E-state index in [1.54, 1.807) is 5.38 Å². The molecule has 1 N–H and O–H groups in total. The predicted octanol–water partition coefficient (Wildman–Crippen LogP) is 3.15. The van der Waals surface area contributed by atoms with Crippen LogP contribution in [0.15, 0.2) is 50.2 Å². The van der Waals surface area contributed by atoms with E-state index < -0.39 is 11.8 Å². The lowest BCUT2D eigenvalue weighted by atomic mass is 10.1. The highest BCUT2D eigenvalue weighted by Gasteiger charge is 2.17. The molecule has 0 saturated carbocycles. The first-order chi connectivity index (χ1) is 14.6. The molecule has 11 heteroatoms. The Hall–Kier alpha value is -3.47. The second-order valence-corrected chi connectivity index (χ2v) is 7.03. The van der Waals surface area contributed by atoms with Crippen LogP contribution >= 0.6 is 11.3 Å². The SMILES string of the molecule is CCCCOC(=O)Nc1nc(CON=C(c2ccccc2)c2noc(=O)n2C)cs1. The van der Waals surface area contributed by atoms with Crippen LogP contribution in [-0.2, 0) is 23.2 Å². The number of carbonyl (C=O) groups is 1. The van der Waals surface area contributed by atoms with E-state index in [0.29, 0.717) is 28.7 Å². The van der Waals surface area contributed by atoms with Gasteiger partial charge in [-0.1, -0.05) is 54.0 Å². The van der Waals surface area contributed by atoms with Crippen molar-refractivity contribution in [2.45, 2.75) is 26.4 Å². The number of unbranched alkanes of at least 4 members (excludes halogenated alkanes) is 1. The second kappa shape index (κ2) is 10.3. The summed E-state index contributed by atoms with van der Waals surface area (Å²) in [5, 5.41) is 12.6. The van der Waals surface area contributed by atoms with Crippen LogP contribution in [0.5, 0.6) is 0 Å². The van der Waals surface area contributed by atoms with Crippen molar-refractivity contribution < 1.29 is 18.9 Å². The highest BCUT2D eigenvalue weighted by atomic mass is 32.1. The van der Waals surface area contributed by atoms with Crippen LogP contribution in [0.2, 0.25) is 0 Å². The van der Waals surface area contributed by atoms with E-state index in [-0.39, 0.29) is 12.4 Å². The standard InChI is InChI=1S/C19H21N5O5S/c1-3-4-10-27-18(25)21-17-20-14(12-30-17)11-28-22-15(13-8-6-5-7-9-13)16-23-29-19(26)24(16)2/h5-9,12H,3-4,10-11H2,1-2H3,(H,20,21,25). The maximum Gasteiger partial charge on any atom is 0.441 e. The first-order valence-corrected chi connectivity index (χ1v) is 10.1. The Morgan fingerprint density at radius 2 is 2.13 bits per heavy atom. The maximum atomic E-state index is 11.7. The minimum atomic E-state index is -0.602. The Labute approximate surface area is 176 Å². The van der Waals surface area contributed by atoms with Gasteiger partial charge in [0.1, 0.15) is 0 Å². The molecule has 0 radical (unpaired) electrons.